The van der Waals surface area contributed by atoms with Gasteiger partial charge in [0.1, 0.15) is 5.69 Å². The van der Waals surface area contributed by atoms with Gasteiger partial charge in [0, 0.05) is 18.8 Å². The van der Waals surface area contributed by atoms with Crippen molar-refractivity contribution in [3.05, 3.63) is 41.2 Å². The molecule has 1 fully saturated rings. The lowest BCUT2D eigenvalue weighted by Crippen LogP contribution is -2.40. The monoisotopic (exact) mass is 370 g/mol. The van der Waals surface area contributed by atoms with E-state index in [1.807, 2.05) is 0 Å². The molecule has 0 saturated carbocycles. The number of hydrogen-bond acceptors (Lipinski definition) is 5. The Morgan fingerprint density at radius 3 is 2.50 bits per heavy atom. The minimum Gasteiger partial charge on any atom is -0.379 e. The van der Waals surface area contributed by atoms with Crippen molar-refractivity contribution in [2.45, 2.75) is 4.90 Å². The number of aromatic nitrogens is 2. The molecule has 2 heterocycles. The van der Waals surface area contributed by atoms with E-state index < -0.39 is 15.9 Å². The molecule has 24 heavy (non-hydrogen) atoms. The zero-order chi connectivity index (χ0) is 17.2. The highest BCUT2D eigenvalue weighted by atomic mass is 35.5. The number of morpholine rings is 1. The van der Waals surface area contributed by atoms with Gasteiger partial charge in [-0.15, -0.1) is 0 Å². The molecule has 0 radical (unpaired) electrons. The predicted octanol–water partition coefficient (Wildman–Crippen LogP) is 1.34. The third-order valence-electron chi connectivity index (χ3n) is 3.54. The summed E-state index contributed by atoms with van der Waals surface area (Å²) in [4.78, 5) is 12.2. The molecule has 0 spiro atoms. The van der Waals surface area contributed by atoms with Crippen molar-refractivity contribution in [3.63, 3.8) is 0 Å². The summed E-state index contributed by atoms with van der Waals surface area (Å²) in [5.41, 5.74) is 0.591. The molecule has 1 aromatic heterocycles. The van der Waals surface area contributed by atoms with E-state index in [1.165, 1.54) is 34.8 Å². The van der Waals surface area contributed by atoms with Crippen LogP contribution in [0.5, 0.6) is 0 Å². The first-order chi connectivity index (χ1) is 11.5. The summed E-state index contributed by atoms with van der Waals surface area (Å²) in [7, 11) is -3.55. The van der Waals surface area contributed by atoms with Gasteiger partial charge < -0.3 is 10.1 Å². The maximum absolute atomic E-state index is 12.5. The molecule has 0 aliphatic carbocycles. The smallest absolute Gasteiger partial charge is 0.275 e. The third-order valence-corrected chi connectivity index (χ3v) is 5.74. The molecule has 1 saturated heterocycles. The number of nitrogens with zero attached hydrogens (tertiary/aromatic N) is 2. The van der Waals surface area contributed by atoms with Gasteiger partial charge in [0.05, 0.1) is 29.3 Å². The standard InChI is InChI=1S/C14H15ClN4O4S/c15-12-9-16-18-13(12)14(20)17-10-1-3-11(4-2-10)24(21,22)19-5-7-23-8-6-19/h1-4,9H,5-8H2,(H,16,18)(H,17,20). The Kier molecular flexibility index (Phi) is 4.86. The average molecular weight is 371 g/mol. The van der Waals surface area contributed by atoms with Gasteiger partial charge in [0.15, 0.2) is 0 Å². The third kappa shape index (κ3) is 3.44. The summed E-state index contributed by atoms with van der Waals surface area (Å²) >= 11 is 5.82. The number of aromatic amines is 1. The Bertz CT molecular complexity index is 829. The minimum absolute atomic E-state index is 0.140. The highest BCUT2D eigenvalue weighted by molar-refractivity contribution is 7.89. The van der Waals surface area contributed by atoms with Crippen molar-refractivity contribution < 1.29 is 17.9 Å². The van der Waals surface area contributed by atoms with Crippen molar-refractivity contribution >= 4 is 33.2 Å². The topological polar surface area (TPSA) is 104 Å². The summed E-state index contributed by atoms with van der Waals surface area (Å²) in [5.74, 6) is -0.457. The molecule has 128 valence electrons. The highest BCUT2D eigenvalue weighted by Crippen LogP contribution is 2.20. The minimum atomic E-state index is -3.55. The van der Waals surface area contributed by atoms with E-state index in [2.05, 4.69) is 15.5 Å². The largest absolute Gasteiger partial charge is 0.379 e. The van der Waals surface area contributed by atoms with Crippen LogP contribution < -0.4 is 5.32 Å². The van der Waals surface area contributed by atoms with Crippen LogP contribution >= 0.6 is 11.6 Å². The number of carbonyl (C=O) groups excluding carboxylic acids is 1. The molecule has 1 aliphatic heterocycles. The Balaban J connectivity index is 1.73. The molecule has 0 atom stereocenters. The fourth-order valence-electron chi connectivity index (χ4n) is 2.27. The zero-order valence-corrected chi connectivity index (χ0v) is 14.1. The lowest BCUT2D eigenvalue weighted by Gasteiger charge is -2.26. The first-order valence-electron chi connectivity index (χ1n) is 7.16. The van der Waals surface area contributed by atoms with Gasteiger partial charge in [-0.1, -0.05) is 11.6 Å². The van der Waals surface area contributed by atoms with E-state index >= 15 is 0 Å². The van der Waals surface area contributed by atoms with Gasteiger partial charge >= 0.3 is 0 Å². The van der Waals surface area contributed by atoms with E-state index in [1.54, 1.807) is 0 Å². The van der Waals surface area contributed by atoms with Crippen molar-refractivity contribution in [3.8, 4) is 0 Å². The van der Waals surface area contributed by atoms with Gasteiger partial charge in [-0.05, 0) is 24.3 Å². The second-order valence-electron chi connectivity index (χ2n) is 5.09. The molecular formula is C14H15ClN4O4S. The average Bonchev–Trinajstić information content (AvgIpc) is 3.02. The number of nitrogens with one attached hydrogen (secondary N) is 2. The second-order valence-corrected chi connectivity index (χ2v) is 7.43. The number of carbonyl (C=O) groups is 1. The Morgan fingerprint density at radius 2 is 1.92 bits per heavy atom. The fourth-order valence-corrected chi connectivity index (χ4v) is 3.86. The first-order valence-corrected chi connectivity index (χ1v) is 8.98. The van der Waals surface area contributed by atoms with Crippen LogP contribution in [0.25, 0.3) is 0 Å². The van der Waals surface area contributed by atoms with E-state index in [4.69, 9.17) is 16.3 Å². The molecule has 10 heteroatoms. The summed E-state index contributed by atoms with van der Waals surface area (Å²) < 4.78 is 31.6. The van der Waals surface area contributed by atoms with Crippen molar-refractivity contribution in [2.75, 3.05) is 31.6 Å². The summed E-state index contributed by atoms with van der Waals surface area (Å²) in [6.45, 7) is 1.44. The molecule has 8 nitrogen and oxygen atoms in total. The maximum Gasteiger partial charge on any atom is 0.275 e. The summed E-state index contributed by atoms with van der Waals surface area (Å²) in [6.07, 6.45) is 1.33. The Morgan fingerprint density at radius 1 is 1.25 bits per heavy atom. The number of anilines is 1. The van der Waals surface area contributed by atoms with E-state index in [0.29, 0.717) is 32.0 Å². The van der Waals surface area contributed by atoms with Gasteiger partial charge in [-0.25, -0.2) is 8.42 Å². The predicted molar refractivity (Wildman–Crippen MR) is 87.6 cm³/mol. The molecule has 1 amide bonds. The van der Waals surface area contributed by atoms with Crippen LogP contribution in [0.1, 0.15) is 10.5 Å². The van der Waals surface area contributed by atoms with E-state index in [-0.39, 0.29) is 15.6 Å². The lowest BCUT2D eigenvalue weighted by molar-refractivity contribution is 0.0730. The zero-order valence-electron chi connectivity index (χ0n) is 12.5. The van der Waals surface area contributed by atoms with Crippen LogP contribution in [0.3, 0.4) is 0 Å². The number of halogens is 1. The Hall–Kier alpha value is -1.94. The van der Waals surface area contributed by atoms with Crippen molar-refractivity contribution in [1.82, 2.24) is 14.5 Å². The van der Waals surface area contributed by atoms with E-state index in [9.17, 15) is 13.2 Å². The van der Waals surface area contributed by atoms with Gasteiger partial charge in [0.2, 0.25) is 10.0 Å². The molecule has 1 aromatic carbocycles. The number of hydrogen-bond donors (Lipinski definition) is 2. The summed E-state index contributed by atoms with van der Waals surface area (Å²) in [6, 6.07) is 5.95. The fraction of sp³-hybridized carbons (Fsp3) is 0.286. The normalized spacial score (nSPS) is 16.0. The lowest BCUT2D eigenvalue weighted by atomic mass is 10.3. The molecule has 0 unspecified atom stereocenters. The van der Waals surface area contributed by atoms with Crippen LogP contribution in [-0.4, -0.2) is 55.1 Å². The van der Waals surface area contributed by atoms with Crippen LogP contribution in [0, 0.1) is 0 Å². The van der Waals surface area contributed by atoms with Crippen molar-refractivity contribution in [1.29, 1.82) is 0 Å². The number of rotatable bonds is 4. The quantitative estimate of drug-likeness (QED) is 0.845. The van der Waals surface area contributed by atoms with Crippen LogP contribution in [-0.2, 0) is 14.8 Å². The van der Waals surface area contributed by atoms with Crippen LogP contribution in [0.15, 0.2) is 35.4 Å². The maximum atomic E-state index is 12.5. The first kappa shape index (κ1) is 16.9. The number of sulfonamides is 1. The SMILES string of the molecule is O=C(Nc1ccc(S(=O)(=O)N2CCOCC2)cc1)c1[nH]ncc1Cl. The molecule has 2 N–H and O–H groups in total. The number of benzene rings is 1. The number of H-pyrrole nitrogens is 1. The van der Waals surface area contributed by atoms with Gasteiger partial charge in [0.25, 0.3) is 5.91 Å². The van der Waals surface area contributed by atoms with Crippen LogP contribution in [0.4, 0.5) is 5.69 Å². The molecule has 2 aromatic rings. The molecule has 1 aliphatic rings. The van der Waals surface area contributed by atoms with E-state index in [0.717, 1.165) is 0 Å². The molecule has 0 bridgehead atoms. The van der Waals surface area contributed by atoms with Gasteiger partial charge in [-0.2, -0.15) is 9.40 Å². The van der Waals surface area contributed by atoms with Crippen LogP contribution in [0.2, 0.25) is 5.02 Å². The summed E-state index contributed by atoms with van der Waals surface area (Å²) in [5, 5.41) is 8.99. The Labute approximate surface area is 143 Å². The van der Waals surface area contributed by atoms with Gasteiger partial charge in [-0.3, -0.25) is 9.89 Å². The molecular weight excluding hydrogens is 356 g/mol. The van der Waals surface area contributed by atoms with Crippen molar-refractivity contribution in [2.24, 2.45) is 0 Å². The number of amides is 1. The number of ether oxygens (including phenoxy) is 1. The second kappa shape index (κ2) is 6.89. The molecule has 3 rings (SSSR count). The highest BCUT2D eigenvalue weighted by Gasteiger charge is 2.26.